The number of nitrogens with zero attached hydrogens (tertiary/aromatic N) is 3. The molecule has 35 heavy (non-hydrogen) atoms. The number of hydrazone groups is 1. The number of aromatic nitrogens is 2. The molecule has 0 amide bonds. The van der Waals surface area contributed by atoms with Crippen LogP contribution in [0.25, 0.3) is 11.3 Å². The van der Waals surface area contributed by atoms with Crippen LogP contribution >= 0.6 is 11.6 Å². The average Bonchev–Trinajstić information content (AvgIpc) is 2.88. The largest absolute Gasteiger partial charge is 0.496 e. The molecule has 2 aromatic carbocycles. The summed E-state index contributed by atoms with van der Waals surface area (Å²) in [5.74, 6) is 0.990. The Morgan fingerprint density at radius 2 is 1.71 bits per heavy atom. The molecule has 6 N–H and O–H groups in total. The normalized spacial score (nSPS) is 14.9. The first-order valence-corrected chi connectivity index (χ1v) is 11.1. The SMILES string of the molecule is COc1ccccc1Cc1cc(-c2ccc(Cl)cc2)nnc1N/N=C/[C@H](O)[C@@H](O)[C@H](O)[C@H](O)CO. The second kappa shape index (κ2) is 12.5. The van der Waals surface area contributed by atoms with Gasteiger partial charge in [0.25, 0.3) is 0 Å². The van der Waals surface area contributed by atoms with Crippen molar-refractivity contribution >= 4 is 23.6 Å². The molecule has 0 spiro atoms. The van der Waals surface area contributed by atoms with Crippen molar-refractivity contribution in [2.24, 2.45) is 5.10 Å². The molecule has 0 bridgehead atoms. The van der Waals surface area contributed by atoms with Crippen LogP contribution in [0.5, 0.6) is 5.75 Å². The van der Waals surface area contributed by atoms with Crippen molar-refractivity contribution < 1.29 is 30.3 Å². The zero-order valence-electron chi connectivity index (χ0n) is 18.9. The molecule has 0 saturated carbocycles. The Balaban J connectivity index is 1.86. The van der Waals surface area contributed by atoms with Gasteiger partial charge in [-0.15, -0.1) is 10.2 Å². The molecule has 4 atom stereocenters. The number of hydrogen-bond acceptors (Lipinski definition) is 10. The van der Waals surface area contributed by atoms with Crippen molar-refractivity contribution in [1.82, 2.24) is 10.2 Å². The van der Waals surface area contributed by atoms with Gasteiger partial charge in [0, 0.05) is 22.6 Å². The number of anilines is 1. The van der Waals surface area contributed by atoms with Gasteiger partial charge in [-0.25, -0.2) is 0 Å². The summed E-state index contributed by atoms with van der Waals surface area (Å²) in [5.41, 5.74) is 5.73. The molecule has 186 valence electrons. The number of hydrogen-bond donors (Lipinski definition) is 6. The first kappa shape index (κ1) is 26.5. The highest BCUT2D eigenvalue weighted by Crippen LogP contribution is 2.27. The fraction of sp³-hybridized carbons (Fsp3) is 0.292. The smallest absolute Gasteiger partial charge is 0.172 e. The number of halogens is 1. The predicted molar refractivity (Wildman–Crippen MR) is 132 cm³/mol. The van der Waals surface area contributed by atoms with E-state index in [-0.39, 0.29) is 0 Å². The number of ether oxygens (including phenoxy) is 1. The van der Waals surface area contributed by atoms with E-state index in [4.69, 9.17) is 21.4 Å². The standard InChI is InChI=1S/C24H27ClN4O6/c1-35-21-5-3-2-4-15(21)10-16-11-18(14-6-8-17(25)9-7-14)27-29-24(16)28-26-12-19(31)22(33)23(34)20(32)13-30/h2-9,11-12,19-20,22-23,30-34H,10,13H2,1H3,(H,28,29)/b26-12+/t19-,20+,22+,23+/m0/s1. The van der Waals surface area contributed by atoms with Crippen molar-refractivity contribution in [3.8, 4) is 17.0 Å². The fourth-order valence-electron chi connectivity index (χ4n) is 3.28. The van der Waals surface area contributed by atoms with Crippen molar-refractivity contribution in [2.75, 3.05) is 19.1 Å². The minimum atomic E-state index is -1.77. The number of para-hydroxylation sites is 1. The maximum atomic E-state index is 10.0. The second-order valence-corrected chi connectivity index (χ2v) is 8.15. The highest BCUT2D eigenvalue weighted by atomic mass is 35.5. The fourth-order valence-corrected chi connectivity index (χ4v) is 3.40. The summed E-state index contributed by atoms with van der Waals surface area (Å²) in [4.78, 5) is 0. The van der Waals surface area contributed by atoms with E-state index < -0.39 is 31.0 Å². The molecular formula is C24H27ClN4O6. The lowest BCUT2D eigenvalue weighted by Gasteiger charge is -2.23. The zero-order chi connectivity index (χ0) is 25.4. The highest BCUT2D eigenvalue weighted by Gasteiger charge is 2.29. The quantitative estimate of drug-likeness (QED) is 0.167. The molecule has 0 saturated heterocycles. The van der Waals surface area contributed by atoms with Crippen LogP contribution in [0, 0.1) is 0 Å². The highest BCUT2D eigenvalue weighted by molar-refractivity contribution is 6.30. The molecule has 0 radical (unpaired) electrons. The maximum Gasteiger partial charge on any atom is 0.172 e. The third kappa shape index (κ3) is 6.95. The number of aliphatic hydroxyl groups excluding tert-OH is 5. The molecule has 11 heteroatoms. The van der Waals surface area contributed by atoms with Gasteiger partial charge in [0.05, 0.1) is 25.6 Å². The van der Waals surface area contributed by atoms with E-state index in [0.717, 1.165) is 22.9 Å². The van der Waals surface area contributed by atoms with Crippen LogP contribution in [0.2, 0.25) is 5.02 Å². The van der Waals surface area contributed by atoms with Gasteiger partial charge in [-0.2, -0.15) is 5.10 Å². The Morgan fingerprint density at radius 1 is 1.00 bits per heavy atom. The van der Waals surface area contributed by atoms with Crippen molar-refractivity contribution in [1.29, 1.82) is 0 Å². The predicted octanol–water partition coefficient (Wildman–Crippen LogP) is 1.23. The molecule has 3 rings (SSSR count). The first-order valence-electron chi connectivity index (χ1n) is 10.7. The van der Waals surface area contributed by atoms with E-state index in [1.165, 1.54) is 0 Å². The third-order valence-electron chi connectivity index (χ3n) is 5.27. The molecule has 3 aromatic rings. The van der Waals surface area contributed by atoms with E-state index in [9.17, 15) is 20.4 Å². The second-order valence-electron chi connectivity index (χ2n) is 7.71. The van der Waals surface area contributed by atoms with Crippen LogP contribution in [0.1, 0.15) is 11.1 Å². The summed E-state index contributed by atoms with van der Waals surface area (Å²) >= 11 is 5.99. The number of aliphatic hydroxyl groups is 5. The van der Waals surface area contributed by atoms with E-state index in [0.29, 0.717) is 28.7 Å². The Labute approximate surface area is 207 Å². The number of methoxy groups -OCH3 is 1. The lowest BCUT2D eigenvalue weighted by molar-refractivity contribution is -0.0999. The van der Waals surface area contributed by atoms with Crippen LogP contribution < -0.4 is 10.2 Å². The number of nitrogens with one attached hydrogen (secondary N) is 1. The Bertz CT molecular complexity index is 1130. The summed E-state index contributed by atoms with van der Waals surface area (Å²) in [6, 6.07) is 16.5. The topological polar surface area (TPSA) is 161 Å². The lowest BCUT2D eigenvalue weighted by atomic mass is 10.0. The van der Waals surface area contributed by atoms with E-state index >= 15 is 0 Å². The van der Waals surface area contributed by atoms with Gasteiger partial charge in [-0.3, -0.25) is 5.43 Å². The number of rotatable bonds is 11. The van der Waals surface area contributed by atoms with E-state index in [1.807, 2.05) is 42.5 Å². The molecule has 0 aliphatic heterocycles. The monoisotopic (exact) mass is 502 g/mol. The minimum absolute atomic E-state index is 0.294. The minimum Gasteiger partial charge on any atom is -0.496 e. The summed E-state index contributed by atoms with van der Waals surface area (Å²) < 4.78 is 5.45. The van der Waals surface area contributed by atoms with Crippen LogP contribution in [-0.4, -0.2) is 80.1 Å². The molecule has 0 fully saturated rings. The molecule has 1 heterocycles. The van der Waals surface area contributed by atoms with Crippen molar-refractivity contribution in [3.05, 3.63) is 70.7 Å². The van der Waals surface area contributed by atoms with E-state index in [2.05, 4.69) is 20.7 Å². The third-order valence-corrected chi connectivity index (χ3v) is 5.52. The Morgan fingerprint density at radius 3 is 2.40 bits per heavy atom. The van der Waals surface area contributed by atoms with Gasteiger partial charge in [0.1, 0.15) is 30.2 Å². The molecule has 0 aliphatic rings. The lowest BCUT2D eigenvalue weighted by Crippen LogP contribution is -2.46. The molecular weight excluding hydrogens is 476 g/mol. The molecule has 0 unspecified atom stereocenters. The maximum absolute atomic E-state index is 10.0. The molecule has 1 aromatic heterocycles. The summed E-state index contributed by atoms with van der Waals surface area (Å²) in [6.07, 6.45) is -5.41. The van der Waals surface area contributed by atoms with Crippen LogP contribution in [0.3, 0.4) is 0 Å². The van der Waals surface area contributed by atoms with Crippen molar-refractivity contribution in [3.63, 3.8) is 0 Å². The summed E-state index contributed by atoms with van der Waals surface area (Å²) in [7, 11) is 1.58. The zero-order valence-corrected chi connectivity index (χ0v) is 19.6. The van der Waals surface area contributed by atoms with Gasteiger partial charge in [0.15, 0.2) is 5.82 Å². The number of benzene rings is 2. The average molecular weight is 503 g/mol. The van der Waals surface area contributed by atoms with Gasteiger partial charge >= 0.3 is 0 Å². The Hall–Kier alpha value is -3.12. The van der Waals surface area contributed by atoms with Gasteiger partial charge in [0.2, 0.25) is 0 Å². The Kier molecular flexibility index (Phi) is 9.49. The molecule has 10 nitrogen and oxygen atoms in total. The van der Waals surface area contributed by atoms with Crippen LogP contribution in [-0.2, 0) is 6.42 Å². The van der Waals surface area contributed by atoms with E-state index in [1.54, 1.807) is 19.2 Å². The van der Waals surface area contributed by atoms with Gasteiger partial charge < -0.3 is 30.3 Å². The van der Waals surface area contributed by atoms with Gasteiger partial charge in [-0.05, 0) is 29.8 Å². The van der Waals surface area contributed by atoms with Crippen LogP contribution in [0.4, 0.5) is 5.82 Å². The van der Waals surface area contributed by atoms with Crippen molar-refractivity contribution in [2.45, 2.75) is 30.8 Å². The summed E-state index contributed by atoms with van der Waals surface area (Å²) in [6.45, 7) is -0.776. The van der Waals surface area contributed by atoms with Gasteiger partial charge in [-0.1, -0.05) is 41.9 Å². The first-order chi connectivity index (χ1) is 16.8. The summed E-state index contributed by atoms with van der Waals surface area (Å²) in [5, 5.41) is 61.0. The molecule has 0 aliphatic carbocycles. The van der Waals surface area contributed by atoms with Crippen LogP contribution in [0.15, 0.2) is 59.7 Å².